The number of esters is 1. The number of benzene rings is 1. The van der Waals surface area contributed by atoms with E-state index in [2.05, 4.69) is 9.89 Å². The fourth-order valence-corrected chi connectivity index (χ4v) is 1.12. The van der Waals surface area contributed by atoms with E-state index in [1.165, 1.54) is 20.3 Å². The highest BCUT2D eigenvalue weighted by Crippen LogP contribution is 2.17. The number of hydrogen-bond donors (Lipinski definition) is 1. The molecule has 0 atom stereocenters. The molecular weight excluding hydrogens is 198 g/mol. The summed E-state index contributed by atoms with van der Waals surface area (Å²) in [7, 11) is 2.78. The third-order valence-electron chi connectivity index (χ3n) is 1.86. The summed E-state index contributed by atoms with van der Waals surface area (Å²) in [6.45, 7) is 0. The van der Waals surface area contributed by atoms with Crippen LogP contribution in [0.2, 0.25) is 0 Å². The molecule has 0 bridgehead atoms. The molecule has 0 aliphatic heterocycles. The second kappa shape index (κ2) is 4.99. The molecule has 1 N–H and O–H groups in total. The number of rotatable bonds is 3. The molecular formula is C10H11NO4. The van der Waals surface area contributed by atoms with Gasteiger partial charge in [-0.25, -0.2) is 4.79 Å². The normalized spacial score (nSPS) is 10.3. The van der Waals surface area contributed by atoms with E-state index >= 15 is 0 Å². The third kappa shape index (κ3) is 2.46. The maximum atomic E-state index is 11.4. The summed E-state index contributed by atoms with van der Waals surface area (Å²) in [6.07, 6.45) is 1.16. The van der Waals surface area contributed by atoms with Gasteiger partial charge in [0.25, 0.3) is 0 Å². The monoisotopic (exact) mass is 209 g/mol. The summed E-state index contributed by atoms with van der Waals surface area (Å²) < 4.78 is 9.55. The van der Waals surface area contributed by atoms with E-state index < -0.39 is 5.97 Å². The summed E-state index contributed by atoms with van der Waals surface area (Å²) in [4.78, 5) is 11.4. The van der Waals surface area contributed by atoms with Crippen LogP contribution in [0.3, 0.4) is 0 Å². The Morgan fingerprint density at radius 2 is 2.20 bits per heavy atom. The molecule has 0 saturated carbocycles. The number of carbonyl (C=O) groups excluding carboxylic acids is 1. The standard InChI is InChI=1S/C10H11NO4/c1-14-8-4-3-7(6-11-13)9(5-8)10(12)15-2/h3-6,13H,1-2H3/b11-6+. The summed E-state index contributed by atoms with van der Waals surface area (Å²) in [5.74, 6) is 0.0225. The largest absolute Gasteiger partial charge is 0.497 e. The van der Waals surface area contributed by atoms with Crippen LogP contribution in [-0.4, -0.2) is 31.6 Å². The van der Waals surface area contributed by atoms with Gasteiger partial charge < -0.3 is 14.7 Å². The van der Waals surface area contributed by atoms with Crippen LogP contribution in [0.1, 0.15) is 15.9 Å². The fraction of sp³-hybridized carbons (Fsp3) is 0.200. The molecule has 0 saturated heterocycles. The van der Waals surface area contributed by atoms with Crippen LogP contribution in [-0.2, 0) is 4.74 Å². The number of methoxy groups -OCH3 is 2. The highest BCUT2D eigenvalue weighted by molar-refractivity contribution is 5.99. The van der Waals surface area contributed by atoms with E-state index in [4.69, 9.17) is 9.94 Å². The number of nitrogens with zero attached hydrogens (tertiary/aromatic N) is 1. The quantitative estimate of drug-likeness (QED) is 0.352. The molecule has 80 valence electrons. The van der Waals surface area contributed by atoms with Crippen molar-refractivity contribution in [2.75, 3.05) is 14.2 Å². The van der Waals surface area contributed by atoms with Crippen molar-refractivity contribution in [3.05, 3.63) is 29.3 Å². The molecule has 1 rings (SSSR count). The summed E-state index contributed by atoms with van der Waals surface area (Å²) in [5.41, 5.74) is 0.750. The number of ether oxygens (including phenoxy) is 2. The highest BCUT2D eigenvalue weighted by atomic mass is 16.5. The lowest BCUT2D eigenvalue weighted by Crippen LogP contribution is -2.05. The first-order chi connectivity index (χ1) is 7.22. The molecule has 5 nitrogen and oxygen atoms in total. The zero-order chi connectivity index (χ0) is 11.3. The van der Waals surface area contributed by atoms with E-state index in [0.717, 1.165) is 6.21 Å². The molecule has 0 heterocycles. The molecule has 0 amide bonds. The average Bonchev–Trinajstić information content (AvgIpc) is 2.29. The second-order valence-corrected chi connectivity index (χ2v) is 2.69. The minimum absolute atomic E-state index is 0.287. The average molecular weight is 209 g/mol. The number of carbonyl (C=O) groups is 1. The Labute approximate surface area is 86.9 Å². The van der Waals surface area contributed by atoms with Crippen molar-refractivity contribution in [1.82, 2.24) is 0 Å². The van der Waals surface area contributed by atoms with Gasteiger partial charge in [0.2, 0.25) is 0 Å². The van der Waals surface area contributed by atoms with Gasteiger partial charge in [-0.2, -0.15) is 0 Å². The Hall–Kier alpha value is -2.04. The van der Waals surface area contributed by atoms with E-state index in [9.17, 15) is 4.79 Å². The number of oxime groups is 1. The van der Waals surface area contributed by atoms with Gasteiger partial charge in [0.15, 0.2) is 0 Å². The molecule has 15 heavy (non-hydrogen) atoms. The maximum absolute atomic E-state index is 11.4. The SMILES string of the molecule is COC(=O)c1cc(OC)ccc1/C=N/O. The third-order valence-corrected chi connectivity index (χ3v) is 1.86. The molecule has 0 unspecified atom stereocenters. The molecule has 0 radical (unpaired) electrons. The Bertz CT molecular complexity index is 387. The van der Waals surface area contributed by atoms with E-state index in [1.54, 1.807) is 12.1 Å². The second-order valence-electron chi connectivity index (χ2n) is 2.69. The Morgan fingerprint density at radius 3 is 2.73 bits per heavy atom. The lowest BCUT2D eigenvalue weighted by molar-refractivity contribution is 0.0600. The molecule has 0 fully saturated rings. The van der Waals surface area contributed by atoms with Crippen LogP contribution in [0, 0.1) is 0 Å². The zero-order valence-corrected chi connectivity index (χ0v) is 8.43. The van der Waals surface area contributed by atoms with Crippen molar-refractivity contribution in [2.24, 2.45) is 5.16 Å². The van der Waals surface area contributed by atoms with E-state index in [0.29, 0.717) is 11.3 Å². The van der Waals surface area contributed by atoms with Gasteiger partial charge in [-0.3, -0.25) is 0 Å². The Kier molecular flexibility index (Phi) is 3.68. The first kappa shape index (κ1) is 11.0. The van der Waals surface area contributed by atoms with Gasteiger partial charge >= 0.3 is 5.97 Å². The molecule has 0 aliphatic rings. The van der Waals surface area contributed by atoms with Crippen molar-refractivity contribution < 1.29 is 19.5 Å². The molecule has 5 heteroatoms. The van der Waals surface area contributed by atoms with Crippen LogP contribution >= 0.6 is 0 Å². The van der Waals surface area contributed by atoms with Crippen molar-refractivity contribution in [3.63, 3.8) is 0 Å². The van der Waals surface area contributed by atoms with Gasteiger partial charge in [0.05, 0.1) is 26.0 Å². The van der Waals surface area contributed by atoms with Gasteiger partial charge in [0, 0.05) is 5.56 Å². The minimum atomic E-state index is -0.510. The van der Waals surface area contributed by atoms with Crippen molar-refractivity contribution >= 4 is 12.2 Å². The molecule has 1 aromatic rings. The van der Waals surface area contributed by atoms with Crippen molar-refractivity contribution in [2.45, 2.75) is 0 Å². The highest BCUT2D eigenvalue weighted by Gasteiger charge is 2.11. The summed E-state index contributed by atoms with van der Waals surface area (Å²) >= 11 is 0. The van der Waals surface area contributed by atoms with Crippen LogP contribution in [0.5, 0.6) is 5.75 Å². The molecule has 0 aliphatic carbocycles. The maximum Gasteiger partial charge on any atom is 0.338 e. The van der Waals surface area contributed by atoms with Crippen LogP contribution in [0.4, 0.5) is 0 Å². The van der Waals surface area contributed by atoms with Gasteiger partial charge in [-0.1, -0.05) is 5.16 Å². The van der Waals surface area contributed by atoms with E-state index in [-0.39, 0.29) is 5.56 Å². The molecule has 0 spiro atoms. The predicted molar refractivity (Wildman–Crippen MR) is 53.7 cm³/mol. The van der Waals surface area contributed by atoms with Crippen molar-refractivity contribution in [1.29, 1.82) is 0 Å². The topological polar surface area (TPSA) is 68.1 Å². The smallest absolute Gasteiger partial charge is 0.338 e. The number of hydrogen-bond acceptors (Lipinski definition) is 5. The van der Waals surface area contributed by atoms with Gasteiger partial charge in [0.1, 0.15) is 5.75 Å². The van der Waals surface area contributed by atoms with Crippen LogP contribution in [0.15, 0.2) is 23.4 Å². The lowest BCUT2D eigenvalue weighted by Gasteiger charge is -2.05. The van der Waals surface area contributed by atoms with Crippen LogP contribution < -0.4 is 4.74 Å². The zero-order valence-electron chi connectivity index (χ0n) is 8.43. The van der Waals surface area contributed by atoms with Gasteiger partial charge in [-0.15, -0.1) is 0 Å². The molecule has 1 aromatic carbocycles. The first-order valence-corrected chi connectivity index (χ1v) is 4.16. The lowest BCUT2D eigenvalue weighted by atomic mass is 10.1. The Morgan fingerprint density at radius 1 is 1.47 bits per heavy atom. The van der Waals surface area contributed by atoms with Gasteiger partial charge in [-0.05, 0) is 18.2 Å². The summed E-state index contributed by atoms with van der Waals surface area (Å²) in [5, 5.41) is 11.3. The van der Waals surface area contributed by atoms with Crippen molar-refractivity contribution in [3.8, 4) is 5.75 Å². The minimum Gasteiger partial charge on any atom is -0.497 e. The first-order valence-electron chi connectivity index (χ1n) is 4.16. The predicted octanol–water partition coefficient (Wildman–Crippen LogP) is 1.29. The molecule has 0 aromatic heterocycles. The summed E-state index contributed by atoms with van der Waals surface area (Å²) in [6, 6.07) is 4.77. The Balaban J connectivity index is 3.22. The fourth-order valence-electron chi connectivity index (χ4n) is 1.12. The van der Waals surface area contributed by atoms with E-state index in [1.807, 2.05) is 0 Å². The van der Waals surface area contributed by atoms with Crippen LogP contribution in [0.25, 0.3) is 0 Å².